The van der Waals surface area contributed by atoms with Crippen LogP contribution in [0.5, 0.6) is 0 Å². The van der Waals surface area contributed by atoms with Crippen LogP contribution in [0.1, 0.15) is 16.7 Å². The number of carbonyl (C=O) groups excluding carboxylic acids is 2. The highest BCUT2D eigenvalue weighted by Gasteiger charge is 2.25. The lowest BCUT2D eigenvalue weighted by Crippen LogP contribution is -2.33. The molecule has 0 bridgehead atoms. The van der Waals surface area contributed by atoms with E-state index < -0.39 is 57.4 Å². The van der Waals surface area contributed by atoms with Gasteiger partial charge in [0.05, 0.1) is 0 Å². The van der Waals surface area contributed by atoms with E-state index in [0.29, 0.717) is 17.8 Å². The van der Waals surface area contributed by atoms with Gasteiger partial charge in [0, 0.05) is 5.69 Å². The summed E-state index contributed by atoms with van der Waals surface area (Å²) in [6, 6.07) is 4.67. The second-order valence-electron chi connectivity index (χ2n) is 6.48. The van der Waals surface area contributed by atoms with Gasteiger partial charge in [0.15, 0.2) is 24.1 Å². The summed E-state index contributed by atoms with van der Waals surface area (Å²) in [4.78, 5) is 22.5. The van der Waals surface area contributed by atoms with Crippen molar-refractivity contribution in [3.8, 4) is 0 Å². The third kappa shape index (κ3) is 5.57. The third-order valence-corrected chi connectivity index (χ3v) is 5.42. The zero-order valence-corrected chi connectivity index (χ0v) is 17.1. The minimum atomic E-state index is -4.66. The molecule has 0 radical (unpaired) electrons. The molecule has 7 nitrogen and oxygen atoms in total. The summed E-state index contributed by atoms with van der Waals surface area (Å²) < 4.78 is 70.1. The largest absolute Gasteiger partial charge is 0.455 e. The van der Waals surface area contributed by atoms with Crippen LogP contribution in [0, 0.1) is 38.2 Å². The maximum absolute atomic E-state index is 13.6. The maximum atomic E-state index is 13.6. The Bertz CT molecular complexity index is 1080. The number of benzene rings is 2. The first-order valence-corrected chi connectivity index (χ1v) is 10.1. The predicted molar refractivity (Wildman–Crippen MR) is 102 cm³/mol. The summed E-state index contributed by atoms with van der Waals surface area (Å²) in [6.45, 7) is 3.87. The molecule has 11 heteroatoms. The molecule has 0 heterocycles. The number of amides is 1. The second kappa shape index (κ2) is 9.26. The molecule has 2 aromatic rings. The van der Waals surface area contributed by atoms with Crippen LogP contribution in [0.15, 0.2) is 29.2 Å². The van der Waals surface area contributed by atoms with Gasteiger partial charge in [0.2, 0.25) is 10.0 Å². The van der Waals surface area contributed by atoms with Crippen molar-refractivity contribution in [1.82, 2.24) is 4.72 Å². The molecule has 1 amide bonds. The van der Waals surface area contributed by atoms with Crippen molar-refractivity contribution >= 4 is 27.6 Å². The summed E-state index contributed by atoms with van der Waals surface area (Å²) in [5.41, 5.74) is 3.21. The quantitative estimate of drug-likeness (QED) is 0.505. The lowest BCUT2D eigenvalue weighted by Gasteiger charge is -2.13. The van der Waals surface area contributed by atoms with Crippen LogP contribution >= 0.6 is 0 Å². The smallest absolute Gasteiger partial charge is 0.321 e. The van der Waals surface area contributed by atoms with Crippen molar-refractivity contribution < 1.29 is 35.9 Å². The van der Waals surface area contributed by atoms with E-state index in [1.165, 1.54) is 0 Å². The van der Waals surface area contributed by atoms with E-state index in [9.17, 15) is 31.2 Å². The van der Waals surface area contributed by atoms with Gasteiger partial charge in [-0.15, -0.1) is 0 Å². The number of nitrogens with one attached hydrogen (secondary N) is 2. The Morgan fingerprint density at radius 3 is 2.20 bits per heavy atom. The Morgan fingerprint density at radius 1 is 1.00 bits per heavy atom. The van der Waals surface area contributed by atoms with Gasteiger partial charge in [-0.3, -0.25) is 9.59 Å². The number of hydrogen-bond acceptors (Lipinski definition) is 5. The molecule has 2 N–H and O–H groups in total. The van der Waals surface area contributed by atoms with Crippen LogP contribution < -0.4 is 10.0 Å². The number of anilines is 1. The molecule has 0 aliphatic rings. The normalized spacial score (nSPS) is 11.3. The van der Waals surface area contributed by atoms with Crippen molar-refractivity contribution in [3.63, 3.8) is 0 Å². The molecule has 0 saturated carbocycles. The topological polar surface area (TPSA) is 102 Å². The van der Waals surface area contributed by atoms with Gasteiger partial charge in [-0.05, 0) is 44.0 Å². The summed E-state index contributed by atoms with van der Waals surface area (Å²) in [7, 11) is -4.66. The average Bonchev–Trinajstić information content (AvgIpc) is 2.65. The molecule has 0 unspecified atom stereocenters. The summed E-state index contributed by atoms with van der Waals surface area (Å²) >= 11 is 0. The second-order valence-corrected chi connectivity index (χ2v) is 8.22. The summed E-state index contributed by atoms with van der Waals surface area (Å²) in [6.07, 6.45) is 0. The lowest BCUT2D eigenvalue weighted by atomic mass is 10.1. The molecular weight excluding hydrogens is 425 g/mol. The number of esters is 1. The molecule has 0 atom stereocenters. The van der Waals surface area contributed by atoms with Crippen molar-refractivity contribution in [2.45, 2.75) is 25.7 Å². The Kier molecular flexibility index (Phi) is 7.21. The van der Waals surface area contributed by atoms with Gasteiger partial charge < -0.3 is 10.1 Å². The highest BCUT2D eigenvalue weighted by atomic mass is 32.2. The van der Waals surface area contributed by atoms with E-state index in [0.717, 1.165) is 16.7 Å². The number of carbonyl (C=O) groups is 2. The van der Waals surface area contributed by atoms with Crippen molar-refractivity contribution in [2.75, 3.05) is 18.5 Å². The number of aryl methyl sites for hydroxylation is 3. The highest BCUT2D eigenvalue weighted by Crippen LogP contribution is 2.22. The number of sulfonamides is 1. The van der Waals surface area contributed by atoms with E-state index in [-0.39, 0.29) is 0 Å². The minimum absolute atomic E-state index is 0.435. The monoisotopic (exact) mass is 444 g/mol. The van der Waals surface area contributed by atoms with E-state index >= 15 is 0 Å². The number of rotatable bonds is 7. The van der Waals surface area contributed by atoms with Crippen LogP contribution in [-0.4, -0.2) is 33.4 Å². The summed E-state index contributed by atoms with van der Waals surface area (Å²) in [5, 5.41) is 2.60. The molecule has 0 spiro atoms. The first-order chi connectivity index (χ1) is 13.9. The molecule has 0 aliphatic heterocycles. The van der Waals surface area contributed by atoms with Crippen LogP contribution in [-0.2, 0) is 24.3 Å². The first kappa shape index (κ1) is 23.4. The van der Waals surface area contributed by atoms with Crippen molar-refractivity contribution in [2.24, 2.45) is 0 Å². The van der Waals surface area contributed by atoms with Gasteiger partial charge in [0.1, 0.15) is 11.4 Å². The Morgan fingerprint density at radius 2 is 1.60 bits per heavy atom. The molecule has 2 aromatic carbocycles. The van der Waals surface area contributed by atoms with E-state index in [2.05, 4.69) is 10.1 Å². The molecule has 0 aliphatic carbocycles. The lowest BCUT2D eigenvalue weighted by molar-refractivity contribution is -0.146. The van der Waals surface area contributed by atoms with Gasteiger partial charge in [-0.2, -0.15) is 4.72 Å². The molecule has 0 fully saturated rings. The molecule has 0 aromatic heterocycles. The fourth-order valence-electron chi connectivity index (χ4n) is 2.70. The molecule has 162 valence electrons. The maximum Gasteiger partial charge on any atom is 0.321 e. The van der Waals surface area contributed by atoms with Crippen LogP contribution in [0.3, 0.4) is 0 Å². The van der Waals surface area contributed by atoms with E-state index in [1.807, 2.05) is 19.1 Å². The SMILES string of the molecule is Cc1cc(C)c(NC(=O)COC(=O)CNS(=O)(=O)c2ccc(F)c(F)c2F)c(C)c1. The van der Waals surface area contributed by atoms with Gasteiger partial charge >= 0.3 is 5.97 Å². The molecule has 30 heavy (non-hydrogen) atoms. The van der Waals surface area contributed by atoms with E-state index in [4.69, 9.17) is 0 Å². The van der Waals surface area contributed by atoms with Crippen LogP contribution in [0.25, 0.3) is 0 Å². The summed E-state index contributed by atoms with van der Waals surface area (Å²) in [5.74, 6) is -7.21. The third-order valence-electron chi connectivity index (χ3n) is 4.00. The van der Waals surface area contributed by atoms with Crippen LogP contribution in [0.2, 0.25) is 0 Å². The predicted octanol–water partition coefficient (Wildman–Crippen LogP) is 2.49. The van der Waals surface area contributed by atoms with Crippen molar-refractivity contribution in [3.05, 3.63) is 58.4 Å². The number of halogens is 3. The fourth-order valence-corrected chi connectivity index (χ4v) is 3.73. The number of ether oxygens (including phenoxy) is 1. The van der Waals surface area contributed by atoms with Gasteiger partial charge in [0.25, 0.3) is 5.91 Å². The van der Waals surface area contributed by atoms with Crippen LogP contribution in [0.4, 0.5) is 18.9 Å². The standard InChI is InChI=1S/C19H19F3N2O5S/c1-10-6-11(2)19(12(3)7-10)24-15(25)9-29-16(26)8-23-30(27,28)14-5-4-13(20)17(21)18(14)22/h4-7,23H,8-9H2,1-3H3,(H,24,25). The van der Waals surface area contributed by atoms with Crippen molar-refractivity contribution in [1.29, 1.82) is 0 Å². The number of hydrogen-bond donors (Lipinski definition) is 2. The Hall–Kier alpha value is -2.92. The average molecular weight is 444 g/mol. The molecular formula is C19H19F3N2O5S. The molecule has 2 rings (SSSR count). The highest BCUT2D eigenvalue weighted by molar-refractivity contribution is 7.89. The van der Waals surface area contributed by atoms with Gasteiger partial charge in [-0.25, -0.2) is 21.6 Å². The Balaban J connectivity index is 1.92. The zero-order chi connectivity index (χ0) is 22.6. The van der Waals surface area contributed by atoms with E-state index in [1.54, 1.807) is 18.6 Å². The Labute approximate surface area is 171 Å². The zero-order valence-electron chi connectivity index (χ0n) is 16.3. The molecule has 0 saturated heterocycles. The minimum Gasteiger partial charge on any atom is -0.455 e. The van der Waals surface area contributed by atoms with Gasteiger partial charge in [-0.1, -0.05) is 17.7 Å². The first-order valence-electron chi connectivity index (χ1n) is 8.59. The fraction of sp³-hybridized carbons (Fsp3) is 0.263.